The number of carbonyl (C=O) groups excluding carboxylic acids is 3. The number of ketones is 1. The molecule has 0 saturated carbocycles. The van der Waals surface area contributed by atoms with Crippen LogP contribution in [0.3, 0.4) is 0 Å². The molecule has 2 aromatic carbocycles. The summed E-state index contributed by atoms with van der Waals surface area (Å²) in [5, 5.41) is 2.77. The van der Waals surface area contributed by atoms with Crippen molar-refractivity contribution < 1.29 is 14.4 Å². The van der Waals surface area contributed by atoms with Gasteiger partial charge in [-0.15, -0.1) is 0 Å². The third-order valence-corrected chi connectivity index (χ3v) is 3.97. The number of nitrogens with one attached hydrogen (secondary N) is 1. The summed E-state index contributed by atoms with van der Waals surface area (Å²) in [7, 11) is 0. The number of amides is 2. The lowest BCUT2D eigenvalue weighted by molar-refractivity contribution is -0.137. The smallest absolute Gasteiger partial charge is 0.287 e. The lowest BCUT2D eigenvalue weighted by atomic mass is 10.0. The van der Waals surface area contributed by atoms with Crippen LogP contribution in [0.1, 0.15) is 15.9 Å². The summed E-state index contributed by atoms with van der Waals surface area (Å²) in [6.45, 7) is 0. The normalized spacial score (nSPS) is 11.6. The molecule has 0 radical (unpaired) electrons. The number of carbonyl (C=O) groups is 3. The van der Waals surface area contributed by atoms with Crippen molar-refractivity contribution in [2.75, 3.05) is 0 Å². The summed E-state index contributed by atoms with van der Waals surface area (Å²) in [5.74, 6) is -2.67. The van der Waals surface area contributed by atoms with Gasteiger partial charge in [-0.3, -0.25) is 14.4 Å². The van der Waals surface area contributed by atoms with Gasteiger partial charge in [-0.25, -0.2) is 0 Å². The number of rotatable bonds is 6. The van der Waals surface area contributed by atoms with Gasteiger partial charge in [0.1, 0.15) is 6.04 Å². The van der Waals surface area contributed by atoms with Crippen LogP contribution in [0.2, 0.25) is 10.0 Å². The van der Waals surface area contributed by atoms with E-state index in [9.17, 15) is 14.4 Å². The highest BCUT2D eigenvalue weighted by Gasteiger charge is 2.27. The molecule has 0 aliphatic heterocycles. The number of hydrogen-bond donors (Lipinski definition) is 2. The molecule has 2 rings (SSSR count). The van der Waals surface area contributed by atoms with E-state index in [4.69, 9.17) is 28.9 Å². The average molecular weight is 365 g/mol. The molecule has 1 atom stereocenters. The first-order valence-electron chi connectivity index (χ1n) is 7.02. The third kappa shape index (κ3) is 4.34. The summed E-state index contributed by atoms with van der Waals surface area (Å²) < 4.78 is 0. The molecule has 0 heterocycles. The first-order valence-corrected chi connectivity index (χ1v) is 7.78. The molecule has 0 unspecified atom stereocenters. The number of primary amides is 1. The Hall–Kier alpha value is -2.37. The zero-order valence-electron chi connectivity index (χ0n) is 12.5. The minimum atomic E-state index is -1.12. The molecule has 124 valence electrons. The van der Waals surface area contributed by atoms with Gasteiger partial charge in [0, 0.05) is 6.42 Å². The molecule has 5 nitrogen and oxygen atoms in total. The Kier molecular flexibility index (Phi) is 5.95. The number of Topliss-reactive ketones (excluding diaryl/α,β-unsaturated/α-hetero) is 1. The van der Waals surface area contributed by atoms with Crippen molar-refractivity contribution in [3.8, 4) is 0 Å². The van der Waals surface area contributed by atoms with Crippen molar-refractivity contribution in [2.45, 2.75) is 12.5 Å². The van der Waals surface area contributed by atoms with Crippen molar-refractivity contribution in [3.05, 3.63) is 69.7 Å². The van der Waals surface area contributed by atoms with Gasteiger partial charge in [0.25, 0.3) is 11.8 Å². The molecule has 0 saturated heterocycles. The van der Waals surface area contributed by atoms with Gasteiger partial charge in [0.2, 0.25) is 5.78 Å². The minimum Gasteiger partial charge on any atom is -0.363 e. The third-order valence-electron chi connectivity index (χ3n) is 3.34. The highest BCUT2D eigenvalue weighted by Crippen LogP contribution is 2.24. The maximum absolute atomic E-state index is 12.4. The van der Waals surface area contributed by atoms with Crippen molar-refractivity contribution in [1.82, 2.24) is 5.32 Å². The molecule has 2 aromatic rings. The molecule has 24 heavy (non-hydrogen) atoms. The van der Waals surface area contributed by atoms with Crippen LogP contribution in [0.15, 0.2) is 48.5 Å². The largest absolute Gasteiger partial charge is 0.363 e. The van der Waals surface area contributed by atoms with Crippen LogP contribution in [0.25, 0.3) is 0 Å². The summed E-state index contributed by atoms with van der Waals surface area (Å²) in [6, 6.07) is 12.4. The van der Waals surface area contributed by atoms with E-state index in [2.05, 4.69) is 5.32 Å². The van der Waals surface area contributed by atoms with Gasteiger partial charge < -0.3 is 11.1 Å². The Morgan fingerprint density at radius 3 is 2.08 bits per heavy atom. The van der Waals surface area contributed by atoms with E-state index in [1.165, 1.54) is 12.1 Å². The van der Waals surface area contributed by atoms with Gasteiger partial charge in [0.15, 0.2) is 0 Å². The van der Waals surface area contributed by atoms with Crippen molar-refractivity contribution in [3.63, 3.8) is 0 Å². The SMILES string of the molecule is NC(=O)C(=O)[C@H](Cc1ccccc1)NC(=O)c1c(Cl)cccc1Cl. The van der Waals surface area contributed by atoms with Crippen molar-refractivity contribution >= 4 is 40.8 Å². The fraction of sp³-hybridized carbons (Fsp3) is 0.118. The highest BCUT2D eigenvalue weighted by molar-refractivity contribution is 6.40. The van der Waals surface area contributed by atoms with E-state index < -0.39 is 23.6 Å². The van der Waals surface area contributed by atoms with E-state index in [1.54, 1.807) is 30.3 Å². The molecule has 3 N–H and O–H groups in total. The minimum absolute atomic E-state index is 0.0381. The number of nitrogens with two attached hydrogens (primary N) is 1. The Morgan fingerprint density at radius 1 is 0.958 bits per heavy atom. The van der Waals surface area contributed by atoms with E-state index >= 15 is 0 Å². The predicted molar refractivity (Wildman–Crippen MR) is 92.1 cm³/mol. The Morgan fingerprint density at radius 2 is 1.54 bits per heavy atom. The summed E-state index contributed by atoms with van der Waals surface area (Å²) in [6.07, 6.45) is 0.121. The maximum atomic E-state index is 12.4. The molecule has 0 spiro atoms. The fourth-order valence-electron chi connectivity index (χ4n) is 2.18. The second-order valence-electron chi connectivity index (χ2n) is 5.04. The fourth-order valence-corrected chi connectivity index (χ4v) is 2.75. The van der Waals surface area contributed by atoms with Crippen molar-refractivity contribution in [2.24, 2.45) is 5.73 Å². The van der Waals surface area contributed by atoms with Crippen LogP contribution in [-0.4, -0.2) is 23.6 Å². The number of benzene rings is 2. The summed E-state index contributed by atoms with van der Waals surface area (Å²) >= 11 is 12.0. The molecule has 0 fully saturated rings. The van der Waals surface area contributed by atoms with Crippen LogP contribution in [0, 0.1) is 0 Å². The standard InChI is InChI=1S/C17H14Cl2N2O3/c18-11-7-4-8-12(19)14(11)17(24)21-13(15(22)16(20)23)9-10-5-2-1-3-6-10/h1-8,13H,9H2,(H2,20,23)(H,21,24)/t13-/m0/s1. The molecule has 7 heteroatoms. The van der Waals surface area contributed by atoms with Crippen LogP contribution in [0.5, 0.6) is 0 Å². The molecule has 0 aliphatic carbocycles. The molecular formula is C17H14Cl2N2O3. The first kappa shape index (κ1) is 18.0. The average Bonchev–Trinajstić information content (AvgIpc) is 2.54. The summed E-state index contributed by atoms with van der Waals surface area (Å²) in [4.78, 5) is 35.7. The second kappa shape index (κ2) is 7.95. The van der Waals surface area contributed by atoms with Gasteiger partial charge >= 0.3 is 0 Å². The van der Waals surface area contributed by atoms with E-state index in [0.717, 1.165) is 5.56 Å². The van der Waals surface area contributed by atoms with Gasteiger partial charge in [-0.1, -0.05) is 59.6 Å². The maximum Gasteiger partial charge on any atom is 0.287 e. The van der Waals surface area contributed by atoms with E-state index in [0.29, 0.717) is 0 Å². The Balaban J connectivity index is 2.26. The topological polar surface area (TPSA) is 89.3 Å². The number of halogens is 2. The van der Waals surface area contributed by atoms with Crippen LogP contribution in [0.4, 0.5) is 0 Å². The number of hydrogen-bond acceptors (Lipinski definition) is 3. The zero-order chi connectivity index (χ0) is 17.7. The molecule has 2 amide bonds. The van der Waals surface area contributed by atoms with Crippen LogP contribution < -0.4 is 11.1 Å². The van der Waals surface area contributed by atoms with E-state index in [-0.39, 0.29) is 22.0 Å². The van der Waals surface area contributed by atoms with Crippen LogP contribution in [-0.2, 0) is 16.0 Å². The molecular weight excluding hydrogens is 351 g/mol. The highest BCUT2D eigenvalue weighted by atomic mass is 35.5. The predicted octanol–water partition coefficient (Wildman–Crippen LogP) is 2.39. The molecule has 0 bridgehead atoms. The molecule has 0 aromatic heterocycles. The van der Waals surface area contributed by atoms with Crippen LogP contribution >= 0.6 is 23.2 Å². The second-order valence-corrected chi connectivity index (χ2v) is 5.86. The monoisotopic (exact) mass is 364 g/mol. The van der Waals surface area contributed by atoms with Gasteiger partial charge in [-0.2, -0.15) is 0 Å². The summed E-state index contributed by atoms with van der Waals surface area (Å²) in [5.41, 5.74) is 5.88. The van der Waals surface area contributed by atoms with Crippen molar-refractivity contribution in [1.29, 1.82) is 0 Å². The Bertz CT molecular complexity index is 758. The van der Waals surface area contributed by atoms with Gasteiger partial charge in [-0.05, 0) is 17.7 Å². The molecule has 0 aliphatic rings. The van der Waals surface area contributed by atoms with E-state index in [1.807, 2.05) is 6.07 Å². The lowest BCUT2D eigenvalue weighted by Crippen LogP contribution is -2.47. The lowest BCUT2D eigenvalue weighted by Gasteiger charge is -2.17. The Labute approximate surface area is 148 Å². The zero-order valence-corrected chi connectivity index (χ0v) is 14.0. The van der Waals surface area contributed by atoms with Gasteiger partial charge in [0.05, 0.1) is 15.6 Å². The quantitative estimate of drug-likeness (QED) is 0.771. The first-order chi connectivity index (χ1) is 11.4.